The fourth-order valence-corrected chi connectivity index (χ4v) is 3.25. The first-order valence-corrected chi connectivity index (χ1v) is 7.05. The van der Waals surface area contributed by atoms with Gasteiger partial charge in [-0.2, -0.15) is 13.2 Å². The Bertz CT molecular complexity index is 407. The van der Waals surface area contributed by atoms with Crippen LogP contribution >= 0.6 is 0 Å². The van der Waals surface area contributed by atoms with Gasteiger partial charge >= 0.3 is 12.1 Å². The van der Waals surface area contributed by atoms with Crippen LogP contribution in [-0.2, 0) is 14.8 Å². The molecule has 1 saturated carbocycles. The molecule has 2 atom stereocenters. The van der Waals surface area contributed by atoms with Crippen LogP contribution < -0.4 is 4.72 Å². The summed E-state index contributed by atoms with van der Waals surface area (Å²) in [5, 5.41) is 8.36. The molecule has 2 unspecified atom stereocenters. The van der Waals surface area contributed by atoms with E-state index in [4.69, 9.17) is 5.11 Å². The lowest BCUT2D eigenvalue weighted by Gasteiger charge is -2.33. The second-order valence-electron chi connectivity index (χ2n) is 4.31. The van der Waals surface area contributed by atoms with E-state index < -0.39 is 39.9 Å². The van der Waals surface area contributed by atoms with Gasteiger partial charge in [-0.3, -0.25) is 4.79 Å². The predicted octanol–water partition coefficient (Wildman–Crippen LogP) is 1.11. The fraction of sp³-hybridized carbons (Fsp3) is 0.889. The van der Waals surface area contributed by atoms with Crippen molar-refractivity contribution >= 4 is 16.0 Å². The SMILES string of the molecule is O=C(O)CS(=O)(=O)NC1CCCCC1C(F)(F)F. The Hall–Kier alpha value is -0.830. The highest BCUT2D eigenvalue weighted by molar-refractivity contribution is 7.90. The zero-order chi connectivity index (χ0) is 14.0. The number of halogens is 3. The van der Waals surface area contributed by atoms with Crippen molar-refractivity contribution in [2.24, 2.45) is 5.92 Å². The number of carbonyl (C=O) groups is 1. The van der Waals surface area contributed by atoms with Crippen LogP contribution in [0.4, 0.5) is 13.2 Å². The zero-order valence-electron chi connectivity index (χ0n) is 9.40. The van der Waals surface area contributed by atoms with E-state index in [9.17, 15) is 26.4 Å². The van der Waals surface area contributed by atoms with Gasteiger partial charge in [0.15, 0.2) is 5.75 Å². The second-order valence-corrected chi connectivity index (χ2v) is 6.06. The highest BCUT2D eigenvalue weighted by Gasteiger charge is 2.46. The molecule has 0 amide bonds. The normalized spacial score (nSPS) is 25.9. The molecular weight excluding hydrogens is 275 g/mol. The maximum Gasteiger partial charge on any atom is 0.393 e. The molecule has 0 radical (unpaired) electrons. The summed E-state index contributed by atoms with van der Waals surface area (Å²) in [7, 11) is -4.22. The number of carboxylic acids is 1. The van der Waals surface area contributed by atoms with Crippen LogP contribution in [0.5, 0.6) is 0 Å². The van der Waals surface area contributed by atoms with Crippen molar-refractivity contribution in [2.45, 2.75) is 37.9 Å². The molecule has 0 heterocycles. The van der Waals surface area contributed by atoms with Gasteiger partial charge in [-0.25, -0.2) is 13.1 Å². The van der Waals surface area contributed by atoms with Crippen LogP contribution in [0.3, 0.4) is 0 Å². The van der Waals surface area contributed by atoms with Crippen molar-refractivity contribution in [1.29, 1.82) is 0 Å². The largest absolute Gasteiger partial charge is 0.480 e. The maximum atomic E-state index is 12.7. The molecule has 0 saturated heterocycles. The minimum Gasteiger partial charge on any atom is -0.480 e. The van der Waals surface area contributed by atoms with Crippen molar-refractivity contribution in [2.75, 3.05) is 5.75 Å². The summed E-state index contributed by atoms with van der Waals surface area (Å²) in [6, 6.07) is -1.26. The van der Waals surface area contributed by atoms with E-state index >= 15 is 0 Å². The Morgan fingerprint density at radius 3 is 2.33 bits per heavy atom. The molecule has 0 aliphatic heterocycles. The number of carboxylic acid groups (broad SMARTS) is 1. The number of hydrogen-bond acceptors (Lipinski definition) is 3. The lowest BCUT2D eigenvalue weighted by atomic mass is 9.85. The minimum absolute atomic E-state index is 0.0724. The quantitative estimate of drug-likeness (QED) is 0.812. The van der Waals surface area contributed by atoms with Gasteiger partial charge in [0.2, 0.25) is 10.0 Å². The van der Waals surface area contributed by atoms with E-state index in [1.807, 2.05) is 4.72 Å². The molecule has 1 fully saturated rings. The number of hydrogen-bond donors (Lipinski definition) is 2. The number of sulfonamides is 1. The summed E-state index contributed by atoms with van der Waals surface area (Å²) >= 11 is 0. The average molecular weight is 289 g/mol. The summed E-state index contributed by atoms with van der Waals surface area (Å²) in [6.45, 7) is 0. The van der Waals surface area contributed by atoms with Gasteiger partial charge in [0, 0.05) is 6.04 Å². The first-order chi connectivity index (χ1) is 8.12. The number of aliphatic carboxylic acids is 1. The molecule has 18 heavy (non-hydrogen) atoms. The number of rotatable bonds is 4. The van der Waals surface area contributed by atoms with Crippen LogP contribution in [0, 0.1) is 5.92 Å². The Kier molecular flexibility index (Phi) is 4.60. The molecule has 0 spiro atoms. The monoisotopic (exact) mass is 289 g/mol. The Morgan fingerprint density at radius 2 is 1.83 bits per heavy atom. The predicted molar refractivity (Wildman–Crippen MR) is 56.4 cm³/mol. The van der Waals surface area contributed by atoms with Gasteiger partial charge in [0.05, 0.1) is 5.92 Å². The van der Waals surface area contributed by atoms with Gasteiger partial charge in [0.25, 0.3) is 0 Å². The van der Waals surface area contributed by atoms with Crippen molar-refractivity contribution in [3.63, 3.8) is 0 Å². The third kappa shape index (κ3) is 4.45. The molecule has 1 aliphatic rings. The number of alkyl halides is 3. The maximum absolute atomic E-state index is 12.7. The summed E-state index contributed by atoms with van der Waals surface area (Å²) in [5.74, 6) is -4.55. The molecule has 106 valence electrons. The fourth-order valence-electron chi connectivity index (χ4n) is 2.10. The van der Waals surface area contributed by atoms with Crippen molar-refractivity contribution in [3.8, 4) is 0 Å². The van der Waals surface area contributed by atoms with E-state index in [-0.39, 0.29) is 12.8 Å². The Morgan fingerprint density at radius 1 is 1.28 bits per heavy atom. The summed E-state index contributed by atoms with van der Waals surface area (Å²) < 4.78 is 62.5. The van der Waals surface area contributed by atoms with Crippen LogP contribution in [0.25, 0.3) is 0 Å². The molecule has 0 bridgehead atoms. The van der Waals surface area contributed by atoms with Crippen LogP contribution in [0.15, 0.2) is 0 Å². The average Bonchev–Trinajstić information content (AvgIpc) is 2.13. The van der Waals surface area contributed by atoms with E-state index in [0.717, 1.165) is 0 Å². The molecule has 5 nitrogen and oxygen atoms in total. The van der Waals surface area contributed by atoms with E-state index in [0.29, 0.717) is 12.8 Å². The van der Waals surface area contributed by atoms with Crippen LogP contribution in [-0.4, -0.2) is 37.5 Å². The van der Waals surface area contributed by atoms with E-state index in [1.165, 1.54) is 0 Å². The smallest absolute Gasteiger partial charge is 0.393 e. The Labute approximate surface area is 102 Å². The van der Waals surface area contributed by atoms with E-state index in [2.05, 4.69) is 0 Å². The molecule has 1 rings (SSSR count). The molecule has 2 N–H and O–H groups in total. The molecule has 1 aliphatic carbocycles. The van der Waals surface area contributed by atoms with Crippen molar-refractivity contribution in [3.05, 3.63) is 0 Å². The molecular formula is C9H14F3NO4S. The van der Waals surface area contributed by atoms with Gasteiger partial charge in [-0.05, 0) is 12.8 Å². The van der Waals surface area contributed by atoms with Crippen molar-refractivity contribution in [1.82, 2.24) is 4.72 Å². The molecule has 0 aromatic heterocycles. The van der Waals surface area contributed by atoms with Crippen molar-refractivity contribution < 1.29 is 31.5 Å². The second kappa shape index (κ2) is 5.43. The van der Waals surface area contributed by atoms with Gasteiger partial charge in [0.1, 0.15) is 0 Å². The van der Waals surface area contributed by atoms with Crippen LogP contribution in [0.2, 0.25) is 0 Å². The van der Waals surface area contributed by atoms with Crippen LogP contribution in [0.1, 0.15) is 25.7 Å². The summed E-state index contributed by atoms with van der Waals surface area (Å²) in [6.07, 6.45) is -3.65. The highest BCUT2D eigenvalue weighted by Crippen LogP contribution is 2.37. The molecule has 9 heteroatoms. The minimum atomic E-state index is -4.48. The third-order valence-electron chi connectivity index (χ3n) is 2.83. The topological polar surface area (TPSA) is 83.5 Å². The summed E-state index contributed by atoms with van der Waals surface area (Å²) in [5.41, 5.74) is 0. The highest BCUT2D eigenvalue weighted by atomic mass is 32.2. The number of nitrogens with one attached hydrogen (secondary N) is 1. The van der Waals surface area contributed by atoms with Gasteiger partial charge < -0.3 is 5.11 Å². The third-order valence-corrected chi connectivity index (χ3v) is 4.12. The molecule has 0 aromatic rings. The zero-order valence-corrected chi connectivity index (χ0v) is 10.2. The standard InChI is InChI=1S/C9H14F3NO4S/c10-9(11,12)6-3-1-2-4-7(6)13-18(16,17)5-8(14)15/h6-7,13H,1-5H2,(H,14,15). The van der Waals surface area contributed by atoms with E-state index in [1.54, 1.807) is 0 Å². The van der Waals surface area contributed by atoms with Gasteiger partial charge in [-0.15, -0.1) is 0 Å². The molecule has 0 aromatic carbocycles. The lowest BCUT2D eigenvalue weighted by Crippen LogP contribution is -2.48. The first-order valence-electron chi connectivity index (χ1n) is 5.40. The lowest BCUT2D eigenvalue weighted by molar-refractivity contribution is -0.187. The summed E-state index contributed by atoms with van der Waals surface area (Å²) in [4.78, 5) is 10.3. The van der Waals surface area contributed by atoms with Gasteiger partial charge in [-0.1, -0.05) is 12.8 Å². The first kappa shape index (κ1) is 15.2. The Balaban J connectivity index is 2.77.